The molecular formula is C15H11Cl2N3O3. The number of urea groups is 1. The molecule has 2 amide bonds. The fourth-order valence-corrected chi connectivity index (χ4v) is 2.10. The monoisotopic (exact) mass is 351 g/mol. The average molecular weight is 352 g/mol. The SMILES string of the molecule is NC(=O)NN=Cc1ccc(OC(=O)c2ccc(Cl)cc2Cl)cc1. The van der Waals surface area contributed by atoms with Crippen molar-refractivity contribution in [1.29, 1.82) is 0 Å². The van der Waals surface area contributed by atoms with Gasteiger partial charge in [0.25, 0.3) is 0 Å². The molecular weight excluding hydrogens is 341 g/mol. The molecule has 0 unspecified atom stereocenters. The van der Waals surface area contributed by atoms with Gasteiger partial charge in [-0.3, -0.25) is 0 Å². The number of benzene rings is 2. The number of halogens is 2. The van der Waals surface area contributed by atoms with Crippen LogP contribution < -0.4 is 15.9 Å². The minimum absolute atomic E-state index is 0.212. The first-order valence-electron chi connectivity index (χ1n) is 6.31. The van der Waals surface area contributed by atoms with Gasteiger partial charge in [-0.15, -0.1) is 0 Å². The highest BCUT2D eigenvalue weighted by atomic mass is 35.5. The normalized spacial score (nSPS) is 10.5. The summed E-state index contributed by atoms with van der Waals surface area (Å²) in [6.07, 6.45) is 1.40. The summed E-state index contributed by atoms with van der Waals surface area (Å²) < 4.78 is 5.22. The molecule has 3 N–H and O–H groups in total. The summed E-state index contributed by atoms with van der Waals surface area (Å²) in [5.74, 6) is -0.260. The lowest BCUT2D eigenvalue weighted by molar-refractivity contribution is 0.0735. The van der Waals surface area contributed by atoms with E-state index in [1.165, 1.54) is 18.3 Å². The van der Waals surface area contributed by atoms with E-state index in [2.05, 4.69) is 10.5 Å². The van der Waals surface area contributed by atoms with Crippen LogP contribution in [0.5, 0.6) is 5.75 Å². The molecule has 23 heavy (non-hydrogen) atoms. The molecule has 8 heteroatoms. The molecule has 0 aromatic heterocycles. The Morgan fingerprint density at radius 2 is 1.83 bits per heavy atom. The molecule has 2 aromatic carbocycles. The summed E-state index contributed by atoms with van der Waals surface area (Å²) in [5.41, 5.74) is 7.84. The topological polar surface area (TPSA) is 93.8 Å². The molecule has 0 spiro atoms. The van der Waals surface area contributed by atoms with Crippen molar-refractivity contribution in [3.8, 4) is 5.75 Å². The first kappa shape index (κ1) is 16.8. The van der Waals surface area contributed by atoms with Gasteiger partial charge in [-0.25, -0.2) is 15.0 Å². The van der Waals surface area contributed by atoms with Crippen molar-refractivity contribution in [3.05, 3.63) is 63.6 Å². The van der Waals surface area contributed by atoms with Gasteiger partial charge in [-0.05, 0) is 48.0 Å². The molecule has 0 saturated heterocycles. The third kappa shape index (κ3) is 4.98. The van der Waals surface area contributed by atoms with Crippen molar-refractivity contribution in [3.63, 3.8) is 0 Å². The fourth-order valence-electron chi connectivity index (χ4n) is 1.61. The lowest BCUT2D eigenvalue weighted by atomic mass is 10.2. The number of hydrogen-bond donors (Lipinski definition) is 2. The smallest absolute Gasteiger partial charge is 0.345 e. The molecule has 0 heterocycles. The second-order valence-corrected chi connectivity index (χ2v) is 5.16. The Labute approximate surface area is 141 Å². The number of carbonyl (C=O) groups excluding carboxylic acids is 2. The minimum Gasteiger partial charge on any atom is -0.423 e. The minimum atomic E-state index is -0.758. The molecule has 0 atom stereocenters. The van der Waals surface area contributed by atoms with Crippen molar-refractivity contribution < 1.29 is 14.3 Å². The number of nitrogens with zero attached hydrogens (tertiary/aromatic N) is 1. The van der Waals surface area contributed by atoms with Gasteiger partial charge in [-0.1, -0.05) is 23.2 Å². The van der Waals surface area contributed by atoms with Crippen LogP contribution in [0.1, 0.15) is 15.9 Å². The zero-order valence-corrected chi connectivity index (χ0v) is 13.1. The highest BCUT2D eigenvalue weighted by Gasteiger charge is 2.13. The number of carbonyl (C=O) groups is 2. The maximum absolute atomic E-state index is 12.0. The molecule has 118 valence electrons. The van der Waals surface area contributed by atoms with Gasteiger partial charge in [0, 0.05) is 5.02 Å². The van der Waals surface area contributed by atoms with Crippen LogP contribution in [-0.4, -0.2) is 18.2 Å². The largest absolute Gasteiger partial charge is 0.423 e. The Kier molecular flexibility index (Phi) is 5.56. The van der Waals surface area contributed by atoms with Gasteiger partial charge in [0.05, 0.1) is 16.8 Å². The number of esters is 1. The van der Waals surface area contributed by atoms with E-state index in [-0.39, 0.29) is 10.6 Å². The molecule has 0 bridgehead atoms. The van der Waals surface area contributed by atoms with Gasteiger partial charge in [-0.2, -0.15) is 5.10 Å². The molecule has 0 aliphatic rings. The number of nitrogens with two attached hydrogens (primary N) is 1. The fraction of sp³-hybridized carbons (Fsp3) is 0. The summed E-state index contributed by atoms with van der Waals surface area (Å²) in [6, 6.07) is 10.2. The van der Waals surface area contributed by atoms with Crippen LogP contribution in [0.3, 0.4) is 0 Å². The molecule has 2 aromatic rings. The van der Waals surface area contributed by atoms with Gasteiger partial charge >= 0.3 is 12.0 Å². The zero-order chi connectivity index (χ0) is 16.8. The second-order valence-electron chi connectivity index (χ2n) is 4.32. The average Bonchev–Trinajstić information content (AvgIpc) is 2.48. The van der Waals surface area contributed by atoms with Crippen LogP contribution in [0.4, 0.5) is 4.79 Å². The molecule has 0 aliphatic heterocycles. The van der Waals surface area contributed by atoms with E-state index < -0.39 is 12.0 Å². The standard InChI is InChI=1S/C15H11Cl2N3O3/c16-10-3-6-12(13(17)7-10)14(21)23-11-4-1-9(2-5-11)8-19-20-15(18)22/h1-8H,(H3,18,20,22). The van der Waals surface area contributed by atoms with Gasteiger partial charge in [0.1, 0.15) is 5.75 Å². The molecule has 2 rings (SSSR count). The summed E-state index contributed by atoms with van der Waals surface area (Å²) in [4.78, 5) is 22.5. The van der Waals surface area contributed by atoms with Crippen LogP contribution in [0.15, 0.2) is 47.6 Å². The quantitative estimate of drug-likeness (QED) is 0.383. The lowest BCUT2D eigenvalue weighted by Crippen LogP contribution is -2.24. The maximum Gasteiger partial charge on any atom is 0.345 e. The Bertz CT molecular complexity index is 761. The van der Waals surface area contributed by atoms with Crippen molar-refractivity contribution in [2.75, 3.05) is 0 Å². The van der Waals surface area contributed by atoms with Crippen molar-refractivity contribution in [2.45, 2.75) is 0 Å². The van der Waals surface area contributed by atoms with Crippen molar-refractivity contribution >= 4 is 41.4 Å². The first-order chi connectivity index (χ1) is 11.0. The van der Waals surface area contributed by atoms with Crippen LogP contribution in [0, 0.1) is 0 Å². The number of primary amides is 1. The van der Waals surface area contributed by atoms with Gasteiger partial charge in [0.2, 0.25) is 0 Å². The van der Waals surface area contributed by atoms with E-state index in [0.717, 1.165) is 0 Å². The summed E-state index contributed by atoms with van der Waals surface area (Å²) in [6.45, 7) is 0. The Morgan fingerprint density at radius 3 is 2.43 bits per heavy atom. The first-order valence-corrected chi connectivity index (χ1v) is 7.07. The number of amides is 2. The summed E-state index contributed by atoms with van der Waals surface area (Å²) in [7, 11) is 0. The van der Waals surface area contributed by atoms with Crippen LogP contribution in [0.2, 0.25) is 10.0 Å². The van der Waals surface area contributed by atoms with E-state index in [0.29, 0.717) is 16.3 Å². The lowest BCUT2D eigenvalue weighted by Gasteiger charge is -2.06. The number of nitrogens with one attached hydrogen (secondary N) is 1. The number of hydrazone groups is 1. The Morgan fingerprint density at radius 1 is 1.13 bits per heavy atom. The summed E-state index contributed by atoms with van der Waals surface area (Å²) >= 11 is 11.7. The van der Waals surface area contributed by atoms with E-state index in [1.807, 2.05) is 0 Å². The zero-order valence-electron chi connectivity index (χ0n) is 11.6. The molecule has 0 fully saturated rings. The molecule has 0 radical (unpaired) electrons. The van der Waals surface area contributed by atoms with Gasteiger partial charge in [0.15, 0.2) is 0 Å². The molecule has 0 saturated carbocycles. The maximum atomic E-state index is 12.0. The number of hydrogen-bond acceptors (Lipinski definition) is 4. The molecule has 0 aliphatic carbocycles. The van der Waals surface area contributed by atoms with E-state index >= 15 is 0 Å². The Balaban J connectivity index is 2.04. The number of rotatable bonds is 4. The highest BCUT2D eigenvalue weighted by Crippen LogP contribution is 2.22. The summed E-state index contributed by atoms with van der Waals surface area (Å²) in [5, 5.41) is 4.25. The van der Waals surface area contributed by atoms with Crippen LogP contribution in [0.25, 0.3) is 0 Å². The van der Waals surface area contributed by atoms with Crippen LogP contribution in [-0.2, 0) is 0 Å². The van der Waals surface area contributed by atoms with Crippen molar-refractivity contribution in [1.82, 2.24) is 5.43 Å². The third-order valence-electron chi connectivity index (χ3n) is 2.63. The van der Waals surface area contributed by atoms with E-state index in [1.54, 1.807) is 30.3 Å². The van der Waals surface area contributed by atoms with Crippen molar-refractivity contribution in [2.24, 2.45) is 10.8 Å². The predicted molar refractivity (Wildman–Crippen MR) is 88.2 cm³/mol. The highest BCUT2D eigenvalue weighted by molar-refractivity contribution is 6.36. The Hall–Kier alpha value is -2.57. The number of ether oxygens (including phenoxy) is 1. The van der Waals surface area contributed by atoms with E-state index in [4.69, 9.17) is 33.7 Å². The third-order valence-corrected chi connectivity index (χ3v) is 3.18. The second kappa shape index (κ2) is 7.62. The predicted octanol–water partition coefficient (Wildman–Crippen LogP) is 3.21. The van der Waals surface area contributed by atoms with E-state index in [9.17, 15) is 9.59 Å². The van der Waals surface area contributed by atoms with Gasteiger partial charge < -0.3 is 10.5 Å². The van der Waals surface area contributed by atoms with Crippen LogP contribution >= 0.6 is 23.2 Å². The molecule has 6 nitrogen and oxygen atoms in total.